The number of nitrogens with zero attached hydrogens (tertiary/aromatic N) is 6. The van der Waals surface area contributed by atoms with Gasteiger partial charge in [0.2, 0.25) is 5.91 Å². The normalized spacial score (nSPS) is 15.5. The number of fused-ring (bicyclic) bond motifs is 3. The van der Waals surface area contributed by atoms with Gasteiger partial charge in [-0.3, -0.25) is 9.78 Å². The van der Waals surface area contributed by atoms with Crippen LogP contribution in [0.4, 0.5) is 19.0 Å². The maximum Gasteiger partial charge on any atom is 0.419 e. The van der Waals surface area contributed by atoms with E-state index in [-0.39, 0.29) is 17.5 Å². The Morgan fingerprint density at radius 3 is 2.55 bits per heavy atom. The van der Waals surface area contributed by atoms with Crippen LogP contribution in [0.2, 0.25) is 0 Å². The highest BCUT2D eigenvalue weighted by molar-refractivity contribution is 6.00. The average molecular weight is 455 g/mol. The summed E-state index contributed by atoms with van der Waals surface area (Å²) >= 11 is 0. The molecule has 0 spiro atoms. The number of carbonyl (C=O) groups is 1. The summed E-state index contributed by atoms with van der Waals surface area (Å²) in [6.07, 6.45) is 1.59. The Labute approximate surface area is 186 Å². The lowest BCUT2D eigenvalue weighted by molar-refractivity contribution is -0.137. The Morgan fingerprint density at radius 2 is 1.85 bits per heavy atom. The molecule has 33 heavy (non-hydrogen) atoms. The molecule has 2 N–H and O–H groups in total. The molecule has 5 rings (SSSR count). The number of hydrogen-bond donors (Lipinski definition) is 1. The number of halogens is 3. The largest absolute Gasteiger partial charge is 0.419 e. The van der Waals surface area contributed by atoms with Crippen molar-refractivity contribution in [1.29, 1.82) is 0 Å². The molecule has 1 aliphatic heterocycles. The van der Waals surface area contributed by atoms with Gasteiger partial charge in [0.05, 0.1) is 34.8 Å². The van der Waals surface area contributed by atoms with Crippen molar-refractivity contribution in [2.24, 2.45) is 0 Å². The van der Waals surface area contributed by atoms with Crippen molar-refractivity contribution in [2.75, 3.05) is 18.8 Å². The number of likely N-dealkylation sites (tertiary alicyclic amines) is 1. The molecule has 1 amide bonds. The van der Waals surface area contributed by atoms with Crippen LogP contribution in [0.5, 0.6) is 0 Å². The molecule has 0 aromatic carbocycles. The van der Waals surface area contributed by atoms with Crippen molar-refractivity contribution in [2.45, 2.75) is 32.0 Å². The van der Waals surface area contributed by atoms with E-state index in [4.69, 9.17) is 5.73 Å². The van der Waals surface area contributed by atoms with E-state index in [1.54, 1.807) is 31.6 Å². The Balaban J connectivity index is 1.60. The number of alkyl halides is 3. The second kappa shape index (κ2) is 7.68. The Bertz CT molecular complexity index is 1370. The fourth-order valence-electron chi connectivity index (χ4n) is 4.31. The number of amides is 1. The van der Waals surface area contributed by atoms with E-state index in [9.17, 15) is 18.0 Å². The highest BCUT2D eigenvalue weighted by Crippen LogP contribution is 2.36. The molecule has 4 aromatic heterocycles. The maximum atomic E-state index is 13.3. The molecule has 0 atom stereocenters. The molecule has 1 fully saturated rings. The minimum Gasteiger partial charge on any atom is -0.383 e. The molecule has 1 saturated heterocycles. The number of nitrogens with two attached hydrogens (primary N) is 1. The van der Waals surface area contributed by atoms with Crippen LogP contribution in [-0.2, 0) is 11.0 Å². The number of pyridine rings is 3. The van der Waals surface area contributed by atoms with Gasteiger partial charge in [-0.25, -0.2) is 15.0 Å². The van der Waals surface area contributed by atoms with E-state index in [2.05, 4.69) is 19.9 Å². The predicted octanol–water partition coefficient (Wildman–Crippen LogP) is 3.83. The average Bonchev–Trinajstić information content (AvgIpc) is 3.23. The van der Waals surface area contributed by atoms with Gasteiger partial charge in [-0.15, -0.1) is 0 Å². The first-order valence-electron chi connectivity index (χ1n) is 10.4. The predicted molar refractivity (Wildman–Crippen MR) is 116 cm³/mol. The zero-order chi connectivity index (χ0) is 23.3. The molecule has 4 aromatic rings. The molecule has 5 heterocycles. The van der Waals surface area contributed by atoms with Gasteiger partial charge in [0.1, 0.15) is 16.9 Å². The summed E-state index contributed by atoms with van der Waals surface area (Å²) in [7, 11) is 0. The van der Waals surface area contributed by atoms with Crippen LogP contribution in [-0.4, -0.2) is 48.4 Å². The highest BCUT2D eigenvalue weighted by atomic mass is 19.4. The van der Waals surface area contributed by atoms with Gasteiger partial charge in [-0.05, 0) is 31.0 Å². The molecule has 0 aliphatic carbocycles. The summed E-state index contributed by atoms with van der Waals surface area (Å²) in [6.45, 7) is 2.87. The molecule has 0 radical (unpaired) electrons. The lowest BCUT2D eigenvalue weighted by Gasteiger charge is -2.32. The zero-order valence-corrected chi connectivity index (χ0v) is 17.7. The summed E-state index contributed by atoms with van der Waals surface area (Å²) < 4.78 is 42.0. The van der Waals surface area contributed by atoms with Crippen molar-refractivity contribution in [3.8, 4) is 11.3 Å². The van der Waals surface area contributed by atoms with Gasteiger partial charge in [0.15, 0.2) is 0 Å². The number of nitrogen functional groups attached to an aromatic ring is 1. The summed E-state index contributed by atoms with van der Waals surface area (Å²) in [6, 6.07) is 4.41. The molecule has 0 bridgehead atoms. The number of rotatable bonds is 2. The third-order valence-corrected chi connectivity index (χ3v) is 6.07. The smallest absolute Gasteiger partial charge is 0.383 e. The molecule has 0 saturated carbocycles. The first kappa shape index (κ1) is 21.1. The molecule has 170 valence electrons. The van der Waals surface area contributed by atoms with E-state index in [1.165, 1.54) is 6.20 Å². The van der Waals surface area contributed by atoms with Crippen LogP contribution < -0.4 is 5.73 Å². The maximum absolute atomic E-state index is 13.3. The molecule has 0 unspecified atom stereocenters. The molecule has 1 aliphatic rings. The van der Waals surface area contributed by atoms with Gasteiger partial charge in [0.25, 0.3) is 0 Å². The van der Waals surface area contributed by atoms with Crippen molar-refractivity contribution >= 4 is 33.8 Å². The van der Waals surface area contributed by atoms with E-state index in [1.807, 2.05) is 9.47 Å². The summed E-state index contributed by atoms with van der Waals surface area (Å²) in [5, 5.41) is 0. The van der Waals surface area contributed by atoms with Crippen molar-refractivity contribution < 1.29 is 18.0 Å². The minimum atomic E-state index is -4.62. The molecule has 11 heteroatoms. The summed E-state index contributed by atoms with van der Waals surface area (Å²) in [5.74, 6) is -0.522. The topological polar surface area (TPSA) is 103 Å². The van der Waals surface area contributed by atoms with Gasteiger partial charge >= 0.3 is 6.18 Å². The fraction of sp³-hybridized carbons (Fsp3) is 0.318. The van der Waals surface area contributed by atoms with E-state index in [0.717, 1.165) is 24.4 Å². The second-order valence-electron chi connectivity index (χ2n) is 8.10. The van der Waals surface area contributed by atoms with Gasteiger partial charge in [-0.1, -0.05) is 0 Å². The van der Waals surface area contributed by atoms with Gasteiger partial charge in [0, 0.05) is 37.8 Å². The number of aromatic nitrogens is 5. The van der Waals surface area contributed by atoms with E-state index in [0.29, 0.717) is 35.3 Å². The first-order chi connectivity index (χ1) is 15.7. The second-order valence-corrected chi connectivity index (χ2v) is 8.10. The quantitative estimate of drug-likeness (QED) is 0.493. The van der Waals surface area contributed by atoms with Crippen LogP contribution in [0.15, 0.2) is 36.9 Å². The molecular weight excluding hydrogens is 435 g/mol. The molecular formula is C22H20F3N7O. The number of piperidine rings is 1. The van der Waals surface area contributed by atoms with E-state index >= 15 is 0 Å². The number of anilines is 1. The van der Waals surface area contributed by atoms with Crippen molar-refractivity contribution in [1.82, 2.24) is 29.4 Å². The first-order valence-corrected chi connectivity index (χ1v) is 10.4. The SMILES string of the molecule is CC(=O)N1CCC(n2cnc3cnc4ccc(-c5cnc(N)c(C(F)(F)F)c5)nc4c32)CC1. The Morgan fingerprint density at radius 1 is 1.09 bits per heavy atom. The van der Waals surface area contributed by atoms with Crippen molar-refractivity contribution in [3.63, 3.8) is 0 Å². The Kier molecular flexibility index (Phi) is 4.91. The van der Waals surface area contributed by atoms with Crippen molar-refractivity contribution in [3.05, 3.63) is 42.5 Å². The monoisotopic (exact) mass is 455 g/mol. The van der Waals surface area contributed by atoms with Crippen LogP contribution in [0.3, 0.4) is 0 Å². The number of hydrogen-bond acceptors (Lipinski definition) is 6. The third kappa shape index (κ3) is 3.73. The van der Waals surface area contributed by atoms with Crippen LogP contribution in [0, 0.1) is 0 Å². The number of imidazole rings is 1. The van der Waals surface area contributed by atoms with Crippen LogP contribution in [0.25, 0.3) is 33.3 Å². The zero-order valence-electron chi connectivity index (χ0n) is 17.7. The highest BCUT2D eigenvalue weighted by Gasteiger charge is 2.34. The lowest BCUT2D eigenvalue weighted by Crippen LogP contribution is -2.37. The fourth-order valence-corrected chi connectivity index (χ4v) is 4.31. The minimum absolute atomic E-state index is 0.0558. The van der Waals surface area contributed by atoms with Crippen LogP contribution >= 0.6 is 0 Å². The van der Waals surface area contributed by atoms with E-state index < -0.39 is 17.6 Å². The summed E-state index contributed by atoms with van der Waals surface area (Å²) in [5.41, 5.74) is 7.53. The summed E-state index contributed by atoms with van der Waals surface area (Å²) in [4.78, 5) is 30.7. The number of carbonyl (C=O) groups excluding carboxylic acids is 1. The standard InChI is InChI=1S/C22H20F3N7O/c1-12(33)31-6-4-14(5-7-31)32-11-29-18-10-27-17-3-2-16(30-19(17)20(18)32)13-8-15(22(23,24)25)21(26)28-9-13/h2-3,8-11,14H,4-7H2,1H3,(H2,26,28). The lowest BCUT2D eigenvalue weighted by atomic mass is 10.0. The van der Waals surface area contributed by atoms with Gasteiger partial charge in [-0.2, -0.15) is 13.2 Å². The Hall–Kier alpha value is -3.76. The third-order valence-electron chi connectivity index (χ3n) is 6.07. The van der Waals surface area contributed by atoms with Gasteiger partial charge < -0.3 is 15.2 Å². The molecule has 8 nitrogen and oxygen atoms in total. The van der Waals surface area contributed by atoms with Crippen LogP contribution in [0.1, 0.15) is 31.4 Å².